The minimum atomic E-state index is -0.252. The number of rotatable bonds is 4. The highest BCUT2D eigenvalue weighted by atomic mass is 35.5. The second-order valence-electron chi connectivity index (χ2n) is 8.39. The van der Waals surface area contributed by atoms with E-state index in [-0.39, 0.29) is 30.1 Å². The molecule has 1 aliphatic carbocycles. The van der Waals surface area contributed by atoms with Crippen LogP contribution in [0.25, 0.3) is 21.9 Å². The van der Waals surface area contributed by atoms with E-state index in [2.05, 4.69) is 5.16 Å². The number of hydrogen-bond acceptors (Lipinski definition) is 5. The Hall–Kier alpha value is -3.12. The number of aryl methyl sites for hydroxylation is 1. The molecule has 0 spiro atoms. The second-order valence-corrected chi connectivity index (χ2v) is 8.80. The zero-order valence-electron chi connectivity index (χ0n) is 17.7. The molecule has 7 heteroatoms. The van der Waals surface area contributed by atoms with Crippen molar-refractivity contribution in [1.82, 2.24) is 9.72 Å². The summed E-state index contributed by atoms with van der Waals surface area (Å²) in [6.07, 6.45) is 2.95. The highest BCUT2D eigenvalue weighted by Crippen LogP contribution is 2.37. The molecule has 0 N–H and O–H groups in total. The predicted molar refractivity (Wildman–Crippen MR) is 123 cm³/mol. The lowest BCUT2D eigenvalue weighted by atomic mass is 9.85. The van der Waals surface area contributed by atoms with Gasteiger partial charge in [0.2, 0.25) is 0 Å². The number of pyridine rings is 1. The molecule has 2 aromatic heterocycles. The number of halogens is 1. The summed E-state index contributed by atoms with van der Waals surface area (Å²) in [6, 6.07) is 15.0. The Balaban J connectivity index is 1.49. The van der Waals surface area contributed by atoms with Gasteiger partial charge in [0, 0.05) is 6.04 Å². The van der Waals surface area contributed by atoms with Crippen molar-refractivity contribution in [3.05, 3.63) is 75.2 Å². The first-order valence-electron chi connectivity index (χ1n) is 10.8. The third-order valence-corrected chi connectivity index (χ3v) is 6.66. The molecule has 2 heterocycles. The molecule has 1 fully saturated rings. The maximum Gasteiger partial charge on any atom is 0.309 e. The first-order valence-corrected chi connectivity index (χ1v) is 11.2. The third kappa shape index (κ3) is 3.58. The lowest BCUT2D eigenvalue weighted by Crippen LogP contribution is -2.32. The summed E-state index contributed by atoms with van der Waals surface area (Å²) in [5.74, 6) is -0.464. The van der Waals surface area contributed by atoms with Crippen LogP contribution in [0, 0.1) is 12.8 Å². The van der Waals surface area contributed by atoms with E-state index in [1.54, 1.807) is 17.6 Å². The Bertz CT molecular complexity index is 1360. The van der Waals surface area contributed by atoms with E-state index in [9.17, 15) is 9.59 Å². The van der Waals surface area contributed by atoms with Crippen molar-refractivity contribution in [2.45, 2.75) is 45.3 Å². The zero-order valence-corrected chi connectivity index (χ0v) is 18.5. The number of esters is 1. The summed E-state index contributed by atoms with van der Waals surface area (Å²) in [5.41, 5.74) is 2.46. The normalized spacial score (nSPS) is 18.8. The summed E-state index contributed by atoms with van der Waals surface area (Å²) >= 11 is 6.51. The van der Waals surface area contributed by atoms with Gasteiger partial charge in [-0.15, -0.1) is 0 Å². The first-order chi connectivity index (χ1) is 15.5. The van der Waals surface area contributed by atoms with Crippen LogP contribution >= 0.6 is 11.6 Å². The molecule has 6 nitrogen and oxygen atoms in total. The quantitative estimate of drug-likeness (QED) is 0.379. The van der Waals surface area contributed by atoms with Crippen molar-refractivity contribution in [2.75, 3.05) is 0 Å². The van der Waals surface area contributed by atoms with Crippen LogP contribution < -0.4 is 5.56 Å². The molecule has 164 valence electrons. The Morgan fingerprint density at radius 3 is 2.78 bits per heavy atom. The van der Waals surface area contributed by atoms with Gasteiger partial charge in [-0.25, -0.2) is 0 Å². The zero-order chi connectivity index (χ0) is 22.2. The van der Waals surface area contributed by atoms with Crippen molar-refractivity contribution in [2.24, 2.45) is 5.92 Å². The molecule has 0 aliphatic heterocycles. The summed E-state index contributed by atoms with van der Waals surface area (Å²) in [4.78, 5) is 26.3. The Labute approximate surface area is 189 Å². The number of nitrogens with zero attached hydrogens (tertiary/aromatic N) is 2. The summed E-state index contributed by atoms with van der Waals surface area (Å²) in [7, 11) is 0. The number of aromatic nitrogens is 2. The number of hydrogen-bond donors (Lipinski definition) is 0. The molecule has 5 rings (SSSR count). The van der Waals surface area contributed by atoms with Gasteiger partial charge in [-0.05, 0) is 43.9 Å². The summed E-state index contributed by atoms with van der Waals surface area (Å²) < 4.78 is 12.9. The topological polar surface area (TPSA) is 74.3 Å². The van der Waals surface area contributed by atoms with Gasteiger partial charge in [0.1, 0.15) is 12.0 Å². The molecule has 0 bridgehead atoms. The first kappa shape index (κ1) is 20.8. The fourth-order valence-corrected chi connectivity index (χ4v) is 5.04. The Kier molecular flexibility index (Phi) is 5.47. The van der Waals surface area contributed by atoms with Crippen molar-refractivity contribution in [3.63, 3.8) is 0 Å². The minimum absolute atomic E-state index is 0.134. The fraction of sp³-hybridized carbons (Fsp3) is 0.320. The monoisotopic (exact) mass is 450 g/mol. The summed E-state index contributed by atoms with van der Waals surface area (Å²) in [5, 5.41) is 5.64. The third-order valence-electron chi connectivity index (χ3n) is 6.34. The number of ether oxygens (including phenoxy) is 1. The van der Waals surface area contributed by atoms with Crippen LogP contribution in [0.2, 0.25) is 5.02 Å². The molecular weight excluding hydrogens is 428 g/mol. The molecule has 32 heavy (non-hydrogen) atoms. The van der Waals surface area contributed by atoms with Crippen molar-refractivity contribution >= 4 is 39.4 Å². The van der Waals surface area contributed by atoms with Gasteiger partial charge >= 0.3 is 5.97 Å². The molecule has 4 aromatic rings. The largest absolute Gasteiger partial charge is 0.461 e. The van der Waals surface area contributed by atoms with Gasteiger partial charge in [0.25, 0.3) is 5.56 Å². The van der Waals surface area contributed by atoms with E-state index in [0.29, 0.717) is 39.0 Å². The van der Waals surface area contributed by atoms with Gasteiger partial charge in [0.05, 0.1) is 27.5 Å². The van der Waals surface area contributed by atoms with Crippen LogP contribution in [0.1, 0.15) is 43.0 Å². The molecule has 0 unspecified atom stereocenters. The Morgan fingerprint density at radius 1 is 1.16 bits per heavy atom. The van der Waals surface area contributed by atoms with E-state index in [4.69, 9.17) is 20.9 Å². The second kappa shape index (κ2) is 8.43. The van der Waals surface area contributed by atoms with E-state index >= 15 is 0 Å². The van der Waals surface area contributed by atoms with Gasteiger partial charge in [0.15, 0.2) is 5.58 Å². The van der Waals surface area contributed by atoms with E-state index in [1.165, 1.54) is 0 Å². The number of benzene rings is 2. The van der Waals surface area contributed by atoms with Crippen LogP contribution in [0.3, 0.4) is 0 Å². The molecule has 2 atom stereocenters. The van der Waals surface area contributed by atoms with Gasteiger partial charge in [-0.1, -0.05) is 59.6 Å². The lowest BCUT2D eigenvalue weighted by molar-refractivity contribution is -0.151. The molecule has 0 saturated heterocycles. The highest BCUT2D eigenvalue weighted by molar-refractivity contribution is 6.37. The van der Waals surface area contributed by atoms with Crippen molar-refractivity contribution in [1.29, 1.82) is 0 Å². The van der Waals surface area contributed by atoms with Crippen LogP contribution in [-0.2, 0) is 16.1 Å². The van der Waals surface area contributed by atoms with Crippen LogP contribution in [0.4, 0.5) is 0 Å². The number of carbonyl (C=O) groups excluding carboxylic acids is 1. The van der Waals surface area contributed by atoms with E-state index in [1.807, 2.05) is 42.5 Å². The highest BCUT2D eigenvalue weighted by Gasteiger charge is 2.32. The summed E-state index contributed by atoms with van der Waals surface area (Å²) in [6.45, 7) is 2.01. The maximum atomic E-state index is 13.5. The molecule has 1 saturated carbocycles. The van der Waals surface area contributed by atoms with E-state index in [0.717, 1.165) is 24.8 Å². The van der Waals surface area contributed by atoms with Gasteiger partial charge in [-0.2, -0.15) is 0 Å². The fourth-order valence-electron chi connectivity index (χ4n) is 4.78. The minimum Gasteiger partial charge on any atom is -0.461 e. The van der Waals surface area contributed by atoms with Crippen LogP contribution in [-0.4, -0.2) is 15.7 Å². The van der Waals surface area contributed by atoms with Crippen LogP contribution in [0.5, 0.6) is 0 Å². The Morgan fingerprint density at radius 2 is 1.97 bits per heavy atom. The molecule has 0 radical (unpaired) electrons. The van der Waals surface area contributed by atoms with E-state index < -0.39 is 0 Å². The smallest absolute Gasteiger partial charge is 0.309 e. The average Bonchev–Trinajstić information content (AvgIpc) is 3.20. The molecule has 1 aliphatic rings. The lowest BCUT2D eigenvalue weighted by Gasteiger charge is -2.30. The predicted octanol–water partition coefficient (Wildman–Crippen LogP) is 5.58. The SMILES string of the molecule is Cc1noc2c1c(=O)n([C@H]1CCC[C@@H](C(=O)OCc3ccccc3)C1)c1cccc(Cl)c21. The maximum absolute atomic E-state index is 13.5. The van der Waals surface area contributed by atoms with Crippen molar-refractivity contribution in [3.8, 4) is 0 Å². The average molecular weight is 451 g/mol. The molecular formula is C25H23ClN2O4. The van der Waals surface area contributed by atoms with Crippen molar-refractivity contribution < 1.29 is 14.1 Å². The van der Waals surface area contributed by atoms with Gasteiger partial charge < -0.3 is 13.8 Å². The van der Waals surface area contributed by atoms with Gasteiger partial charge in [-0.3, -0.25) is 9.59 Å². The number of carbonyl (C=O) groups is 1. The number of fused-ring (bicyclic) bond motifs is 3. The molecule has 0 amide bonds. The molecule has 2 aromatic carbocycles. The standard InChI is InChI=1S/C25H23ClN2O4/c1-15-21-23(32-27-15)22-19(26)11-6-12-20(22)28(24(21)29)18-10-5-9-17(13-18)25(30)31-14-16-7-3-2-4-8-16/h2-4,6-8,11-12,17-18H,5,9-10,13-14H2,1H3/t17-,18+/m1/s1. The van der Waals surface area contributed by atoms with Crippen LogP contribution in [0.15, 0.2) is 57.8 Å².